The summed E-state index contributed by atoms with van der Waals surface area (Å²) < 4.78 is 20.7. The molecule has 3 aromatic rings. The molecule has 6 heteroatoms. The van der Waals surface area contributed by atoms with Crippen LogP contribution in [-0.2, 0) is 5.60 Å². The molecule has 148 valence electrons. The van der Waals surface area contributed by atoms with Crippen molar-refractivity contribution in [3.05, 3.63) is 58.5 Å². The Balaban J connectivity index is 1.89. The topological polar surface area (TPSA) is 37.9 Å². The molecular formula is C23H22ClFN2OSi. The van der Waals surface area contributed by atoms with E-state index in [2.05, 4.69) is 41.1 Å². The summed E-state index contributed by atoms with van der Waals surface area (Å²) in [6.45, 7) is 10.5. The molecule has 0 aliphatic carbocycles. The maximum absolute atomic E-state index is 14.5. The molecule has 0 bridgehead atoms. The van der Waals surface area contributed by atoms with Crippen LogP contribution in [0.15, 0.2) is 36.4 Å². The van der Waals surface area contributed by atoms with Crippen LogP contribution in [0.1, 0.15) is 25.1 Å². The van der Waals surface area contributed by atoms with Crippen LogP contribution in [0.3, 0.4) is 0 Å². The predicted octanol–water partition coefficient (Wildman–Crippen LogP) is 6.39. The van der Waals surface area contributed by atoms with Gasteiger partial charge >= 0.3 is 0 Å². The summed E-state index contributed by atoms with van der Waals surface area (Å²) in [5, 5.41) is 0.310. The van der Waals surface area contributed by atoms with E-state index in [1.54, 1.807) is 12.1 Å². The van der Waals surface area contributed by atoms with Crippen LogP contribution in [0, 0.1) is 17.3 Å². The molecule has 1 N–H and O–H groups in total. The molecule has 0 radical (unpaired) electrons. The van der Waals surface area contributed by atoms with Gasteiger partial charge in [-0.25, -0.2) is 9.37 Å². The molecule has 0 amide bonds. The quantitative estimate of drug-likeness (QED) is 0.363. The fraction of sp³-hybridized carbons (Fsp3) is 0.261. The third-order valence-electron chi connectivity index (χ3n) is 4.67. The maximum Gasteiger partial charge on any atom is 0.147 e. The first-order valence-corrected chi connectivity index (χ1v) is 13.3. The molecule has 3 nitrogen and oxygen atoms in total. The average Bonchev–Trinajstić information content (AvgIpc) is 3.05. The highest BCUT2D eigenvalue weighted by molar-refractivity contribution is 6.83. The van der Waals surface area contributed by atoms with E-state index in [1.807, 2.05) is 32.0 Å². The minimum absolute atomic E-state index is 0.260. The number of halogens is 2. The summed E-state index contributed by atoms with van der Waals surface area (Å²) in [5.74, 6) is 4.00. The molecule has 2 heterocycles. The van der Waals surface area contributed by atoms with Gasteiger partial charge < -0.3 is 9.72 Å². The summed E-state index contributed by atoms with van der Waals surface area (Å²) in [4.78, 5) is 7.96. The van der Waals surface area contributed by atoms with Crippen molar-refractivity contribution in [2.45, 2.75) is 39.1 Å². The van der Waals surface area contributed by atoms with Gasteiger partial charge in [-0.1, -0.05) is 43.2 Å². The van der Waals surface area contributed by atoms with E-state index < -0.39 is 19.5 Å². The van der Waals surface area contributed by atoms with Gasteiger partial charge in [-0.3, -0.25) is 0 Å². The number of ether oxygens (including phenoxy) is 1. The number of aromatic amines is 1. The van der Waals surface area contributed by atoms with Crippen molar-refractivity contribution in [2.75, 3.05) is 0 Å². The lowest BCUT2D eigenvalue weighted by Gasteiger charge is -2.31. The minimum atomic E-state index is -1.49. The molecule has 4 rings (SSSR count). The average molecular weight is 425 g/mol. The molecule has 0 unspecified atom stereocenters. The van der Waals surface area contributed by atoms with Gasteiger partial charge in [-0.2, -0.15) is 0 Å². The number of fused-ring (bicyclic) bond motifs is 3. The number of benzene rings is 2. The molecule has 0 saturated carbocycles. The van der Waals surface area contributed by atoms with E-state index in [4.69, 9.17) is 16.3 Å². The summed E-state index contributed by atoms with van der Waals surface area (Å²) in [6.07, 6.45) is 0. The highest BCUT2D eigenvalue weighted by atomic mass is 35.5. The first kappa shape index (κ1) is 19.7. The zero-order valence-corrected chi connectivity index (χ0v) is 18.8. The molecule has 29 heavy (non-hydrogen) atoms. The van der Waals surface area contributed by atoms with E-state index in [0.717, 1.165) is 28.3 Å². The van der Waals surface area contributed by atoms with Gasteiger partial charge in [-0.05, 0) is 44.2 Å². The van der Waals surface area contributed by atoms with E-state index in [-0.39, 0.29) is 5.56 Å². The fourth-order valence-corrected chi connectivity index (χ4v) is 4.09. The van der Waals surface area contributed by atoms with Crippen LogP contribution in [0.2, 0.25) is 24.7 Å². The Morgan fingerprint density at radius 2 is 1.93 bits per heavy atom. The van der Waals surface area contributed by atoms with Crippen LogP contribution in [0.4, 0.5) is 4.39 Å². The summed E-state index contributed by atoms with van der Waals surface area (Å²) in [7, 11) is -1.49. The zero-order valence-electron chi connectivity index (χ0n) is 17.1. The van der Waals surface area contributed by atoms with Crippen molar-refractivity contribution in [2.24, 2.45) is 0 Å². The lowest BCUT2D eigenvalue weighted by atomic mass is 9.94. The van der Waals surface area contributed by atoms with Crippen LogP contribution in [-0.4, -0.2) is 18.0 Å². The second-order valence-electron chi connectivity index (χ2n) is 8.73. The number of rotatable bonds is 1. The highest BCUT2D eigenvalue weighted by Gasteiger charge is 2.37. The number of nitrogens with zero attached hydrogens (tertiary/aromatic N) is 1. The Kier molecular flexibility index (Phi) is 4.60. The standard InChI is InChI=1S/C23H22ClFN2OSi/c1-23(2)21-20(26-22(27-21)19-16(24)7-6-8-17(19)25)15-13-14(9-10-18(15)28-23)11-12-29(3,4)5/h6-10,13H,1-5H3,(H,26,27). The number of imidazole rings is 1. The number of hydrogen-bond donors (Lipinski definition) is 1. The first-order valence-electron chi connectivity index (χ1n) is 9.47. The summed E-state index contributed by atoms with van der Waals surface area (Å²) in [5.41, 5.74) is 6.29. The number of hydrogen-bond acceptors (Lipinski definition) is 2. The zero-order chi connectivity index (χ0) is 21.0. The van der Waals surface area contributed by atoms with Crippen molar-refractivity contribution >= 4 is 19.7 Å². The highest BCUT2D eigenvalue weighted by Crippen LogP contribution is 2.45. The van der Waals surface area contributed by atoms with Gasteiger partial charge in [0, 0.05) is 11.1 Å². The predicted molar refractivity (Wildman–Crippen MR) is 118 cm³/mol. The van der Waals surface area contributed by atoms with Gasteiger partial charge in [0.1, 0.15) is 36.8 Å². The van der Waals surface area contributed by atoms with Crippen LogP contribution >= 0.6 is 11.6 Å². The van der Waals surface area contributed by atoms with Gasteiger partial charge in [0.25, 0.3) is 0 Å². The second kappa shape index (κ2) is 6.76. The molecule has 0 atom stereocenters. The molecule has 0 saturated heterocycles. The number of nitrogens with one attached hydrogen (secondary N) is 1. The summed E-state index contributed by atoms with van der Waals surface area (Å²) in [6, 6.07) is 10.5. The van der Waals surface area contributed by atoms with E-state index >= 15 is 0 Å². The monoisotopic (exact) mass is 424 g/mol. The first-order chi connectivity index (χ1) is 13.5. The smallest absolute Gasteiger partial charge is 0.147 e. The van der Waals surface area contributed by atoms with E-state index in [9.17, 15) is 4.39 Å². The number of aromatic nitrogens is 2. The largest absolute Gasteiger partial charge is 0.481 e. The third kappa shape index (κ3) is 3.71. The Morgan fingerprint density at radius 1 is 1.17 bits per heavy atom. The number of H-pyrrole nitrogens is 1. The van der Waals surface area contributed by atoms with Gasteiger partial charge in [0.15, 0.2) is 0 Å². The van der Waals surface area contributed by atoms with Crippen molar-refractivity contribution in [3.8, 4) is 39.9 Å². The van der Waals surface area contributed by atoms with Crippen molar-refractivity contribution < 1.29 is 9.13 Å². The summed E-state index contributed by atoms with van der Waals surface area (Å²) >= 11 is 6.26. The van der Waals surface area contributed by atoms with Gasteiger partial charge in [0.2, 0.25) is 0 Å². The molecule has 0 spiro atoms. The van der Waals surface area contributed by atoms with E-state index in [0.29, 0.717) is 10.8 Å². The van der Waals surface area contributed by atoms with Crippen LogP contribution in [0.25, 0.3) is 22.6 Å². The third-order valence-corrected chi connectivity index (χ3v) is 5.86. The Hall–Kier alpha value is -2.55. The van der Waals surface area contributed by atoms with Crippen LogP contribution < -0.4 is 4.74 Å². The maximum atomic E-state index is 14.5. The minimum Gasteiger partial charge on any atom is -0.481 e. The van der Waals surface area contributed by atoms with Crippen molar-refractivity contribution in [1.29, 1.82) is 0 Å². The Labute approximate surface area is 176 Å². The lowest BCUT2D eigenvalue weighted by molar-refractivity contribution is 0.101. The molecular weight excluding hydrogens is 403 g/mol. The molecule has 2 aromatic carbocycles. The van der Waals surface area contributed by atoms with Crippen LogP contribution in [0.5, 0.6) is 5.75 Å². The van der Waals surface area contributed by atoms with E-state index in [1.165, 1.54) is 6.07 Å². The molecule has 0 fully saturated rings. The van der Waals surface area contributed by atoms with Crippen molar-refractivity contribution in [3.63, 3.8) is 0 Å². The molecule has 1 aliphatic rings. The Bertz CT molecular complexity index is 1160. The Morgan fingerprint density at radius 3 is 2.62 bits per heavy atom. The van der Waals surface area contributed by atoms with Gasteiger partial charge in [-0.15, -0.1) is 5.54 Å². The van der Waals surface area contributed by atoms with Crippen molar-refractivity contribution in [1.82, 2.24) is 9.97 Å². The SMILES string of the molecule is CC1(C)Oc2ccc(C#C[Si](C)(C)C)cc2-c2[nH]c(-c3c(F)cccc3Cl)nc21. The second-order valence-corrected chi connectivity index (χ2v) is 13.9. The lowest BCUT2D eigenvalue weighted by Crippen LogP contribution is -2.29. The molecule has 1 aromatic heterocycles. The fourth-order valence-electron chi connectivity index (χ4n) is 3.32. The van der Waals surface area contributed by atoms with Gasteiger partial charge in [0.05, 0.1) is 16.3 Å². The molecule has 1 aliphatic heterocycles. The normalized spacial score (nSPS) is 14.3.